The lowest BCUT2D eigenvalue weighted by Gasteiger charge is -2.32. The Morgan fingerprint density at radius 3 is 2.83 bits per heavy atom. The maximum Gasteiger partial charge on any atom is 0.247 e. The lowest BCUT2D eigenvalue weighted by molar-refractivity contribution is 0.359. The molecule has 0 saturated carbocycles. The van der Waals surface area contributed by atoms with E-state index in [1.54, 1.807) is 18.0 Å². The third-order valence-corrected chi connectivity index (χ3v) is 8.26. The van der Waals surface area contributed by atoms with Crippen molar-refractivity contribution in [2.45, 2.75) is 41.1 Å². The Morgan fingerprint density at radius 2 is 2.21 bits per heavy atom. The predicted molar refractivity (Wildman–Crippen MR) is 106 cm³/mol. The van der Waals surface area contributed by atoms with Gasteiger partial charge in [0.05, 0.1) is 4.21 Å². The zero-order chi connectivity index (χ0) is 17.7. The summed E-state index contributed by atoms with van der Waals surface area (Å²) in [7, 11) is -3.64. The molecule has 3 N–H and O–H groups in total. The zero-order valence-electron chi connectivity index (χ0n) is 14.4. The highest BCUT2D eigenvalue weighted by Gasteiger charge is 2.30. The van der Waals surface area contributed by atoms with Crippen molar-refractivity contribution >= 4 is 45.1 Å². The number of rotatable bonds is 9. The standard InChI is InChI=1S/C15H27N3O2S4/c1-11(2)9-17-13-10-18(6-4-5-7-21-3)23-15-12(13)8-14(22-15)24(16,19)20/h8,11,13,17H,4-7,9-10H2,1-3H3,(H2,16,19,20). The summed E-state index contributed by atoms with van der Waals surface area (Å²) >= 11 is 4.85. The second kappa shape index (κ2) is 9.25. The molecule has 0 amide bonds. The van der Waals surface area contributed by atoms with Gasteiger partial charge in [-0.25, -0.2) is 17.9 Å². The van der Waals surface area contributed by atoms with Gasteiger partial charge >= 0.3 is 0 Å². The molecule has 0 aromatic carbocycles. The van der Waals surface area contributed by atoms with Gasteiger partial charge in [-0.1, -0.05) is 13.8 Å². The average molecular weight is 410 g/mol. The van der Waals surface area contributed by atoms with Crippen molar-refractivity contribution in [3.63, 3.8) is 0 Å². The Kier molecular flexibility index (Phi) is 7.92. The molecule has 0 spiro atoms. The minimum atomic E-state index is -3.64. The highest BCUT2D eigenvalue weighted by atomic mass is 32.3. The first kappa shape index (κ1) is 20.5. The van der Waals surface area contributed by atoms with E-state index in [1.807, 2.05) is 11.8 Å². The van der Waals surface area contributed by atoms with E-state index in [-0.39, 0.29) is 10.3 Å². The SMILES string of the molecule is CSCCCCN1CC(NCC(C)C)c2cc(S(N)(=O)=O)sc2S1. The summed E-state index contributed by atoms with van der Waals surface area (Å²) in [6.45, 7) is 7.18. The highest BCUT2D eigenvalue weighted by Crippen LogP contribution is 2.43. The molecule has 1 atom stereocenters. The minimum absolute atomic E-state index is 0.163. The summed E-state index contributed by atoms with van der Waals surface area (Å²) in [5, 5.41) is 8.91. The summed E-state index contributed by atoms with van der Waals surface area (Å²) in [4.78, 5) is 0. The van der Waals surface area contributed by atoms with Gasteiger partial charge in [0, 0.05) is 19.1 Å². The summed E-state index contributed by atoms with van der Waals surface area (Å²) in [5.41, 5.74) is 1.08. The quantitative estimate of drug-likeness (QED) is 0.482. The van der Waals surface area contributed by atoms with Gasteiger partial charge in [-0.15, -0.1) is 11.3 Å². The van der Waals surface area contributed by atoms with E-state index in [9.17, 15) is 8.42 Å². The molecule has 9 heteroatoms. The molecule has 0 fully saturated rings. The van der Waals surface area contributed by atoms with Crippen molar-refractivity contribution < 1.29 is 8.42 Å². The Balaban J connectivity index is 2.12. The van der Waals surface area contributed by atoms with Crippen molar-refractivity contribution in [2.24, 2.45) is 11.1 Å². The highest BCUT2D eigenvalue weighted by molar-refractivity contribution is 7.99. The van der Waals surface area contributed by atoms with Crippen LogP contribution in [0.4, 0.5) is 0 Å². The Labute approximate surface area is 158 Å². The van der Waals surface area contributed by atoms with Crippen LogP contribution < -0.4 is 10.5 Å². The average Bonchev–Trinajstić information content (AvgIpc) is 2.93. The second-order valence-corrected chi connectivity index (χ2v) is 11.6. The van der Waals surface area contributed by atoms with Crippen LogP contribution in [-0.4, -0.2) is 44.4 Å². The summed E-state index contributed by atoms with van der Waals surface area (Å²) < 4.78 is 27.1. The number of nitrogens with one attached hydrogen (secondary N) is 1. The maximum absolute atomic E-state index is 11.7. The molecule has 1 aliphatic heterocycles. The number of fused-ring (bicyclic) bond motifs is 1. The van der Waals surface area contributed by atoms with Gasteiger partial charge in [-0.2, -0.15) is 11.8 Å². The van der Waals surface area contributed by atoms with Crippen LogP contribution in [0.3, 0.4) is 0 Å². The van der Waals surface area contributed by atoms with Crippen LogP contribution in [0.5, 0.6) is 0 Å². The smallest absolute Gasteiger partial charge is 0.247 e. The number of hydrogen-bond acceptors (Lipinski definition) is 7. The van der Waals surface area contributed by atoms with Gasteiger partial charge in [0.2, 0.25) is 10.0 Å². The van der Waals surface area contributed by atoms with E-state index in [1.165, 1.54) is 23.5 Å². The van der Waals surface area contributed by atoms with Crippen molar-refractivity contribution in [1.82, 2.24) is 9.62 Å². The van der Waals surface area contributed by atoms with Crippen molar-refractivity contribution in [3.8, 4) is 0 Å². The normalized spacial score (nSPS) is 19.0. The van der Waals surface area contributed by atoms with Gasteiger partial charge in [0.15, 0.2) is 0 Å². The minimum Gasteiger partial charge on any atom is -0.309 e. The monoisotopic (exact) mass is 409 g/mol. The Hall–Kier alpha value is 0.230. The molecule has 1 aliphatic rings. The fourth-order valence-electron chi connectivity index (χ4n) is 2.50. The fraction of sp³-hybridized carbons (Fsp3) is 0.733. The van der Waals surface area contributed by atoms with Crippen molar-refractivity contribution in [3.05, 3.63) is 11.6 Å². The topological polar surface area (TPSA) is 75.4 Å². The Morgan fingerprint density at radius 1 is 1.46 bits per heavy atom. The molecule has 0 radical (unpaired) electrons. The Bertz CT molecular complexity index is 631. The third kappa shape index (κ3) is 5.89. The van der Waals surface area contributed by atoms with Crippen LogP contribution in [0, 0.1) is 5.92 Å². The van der Waals surface area contributed by atoms with Gasteiger partial charge in [-0.05, 0) is 60.9 Å². The first-order chi connectivity index (χ1) is 11.3. The van der Waals surface area contributed by atoms with Crippen LogP contribution in [0.2, 0.25) is 0 Å². The number of unbranched alkanes of at least 4 members (excludes halogenated alkanes) is 1. The van der Waals surface area contributed by atoms with Gasteiger partial charge < -0.3 is 5.32 Å². The molecule has 138 valence electrons. The molecular formula is C15H27N3O2S4. The van der Waals surface area contributed by atoms with Crippen LogP contribution >= 0.6 is 35.0 Å². The molecule has 1 unspecified atom stereocenters. The number of thiophene rings is 1. The lowest BCUT2D eigenvalue weighted by atomic mass is 10.1. The van der Waals surface area contributed by atoms with Crippen LogP contribution in [0.25, 0.3) is 0 Å². The summed E-state index contributed by atoms with van der Waals surface area (Å²) in [6.07, 6.45) is 4.50. The number of thioether (sulfide) groups is 1. The van der Waals surface area contributed by atoms with Gasteiger partial charge in [0.25, 0.3) is 0 Å². The zero-order valence-corrected chi connectivity index (χ0v) is 17.7. The molecular weight excluding hydrogens is 382 g/mol. The summed E-state index contributed by atoms with van der Waals surface area (Å²) in [6, 6.07) is 1.92. The summed E-state index contributed by atoms with van der Waals surface area (Å²) in [5.74, 6) is 1.74. The second-order valence-electron chi connectivity index (χ2n) is 6.39. The molecule has 1 aromatic rings. The van der Waals surface area contributed by atoms with E-state index >= 15 is 0 Å². The van der Waals surface area contributed by atoms with Crippen LogP contribution in [0.15, 0.2) is 14.5 Å². The number of sulfonamides is 1. The maximum atomic E-state index is 11.7. The number of nitrogens with zero attached hydrogens (tertiary/aromatic N) is 1. The van der Waals surface area contributed by atoms with Crippen molar-refractivity contribution in [2.75, 3.05) is 31.6 Å². The number of primary sulfonamides is 1. The van der Waals surface area contributed by atoms with Crippen LogP contribution in [0.1, 0.15) is 38.3 Å². The third-order valence-electron chi connectivity index (χ3n) is 3.73. The van der Waals surface area contributed by atoms with Crippen molar-refractivity contribution in [1.29, 1.82) is 0 Å². The van der Waals surface area contributed by atoms with Gasteiger partial charge in [0.1, 0.15) is 4.21 Å². The largest absolute Gasteiger partial charge is 0.309 e. The van der Waals surface area contributed by atoms with E-state index in [4.69, 9.17) is 5.14 Å². The van der Waals surface area contributed by atoms with Crippen LogP contribution in [-0.2, 0) is 10.0 Å². The first-order valence-corrected chi connectivity index (χ1v) is 12.7. The van der Waals surface area contributed by atoms with E-state index in [2.05, 4.69) is 29.7 Å². The van der Waals surface area contributed by atoms with Gasteiger partial charge in [-0.3, -0.25) is 0 Å². The molecule has 24 heavy (non-hydrogen) atoms. The van der Waals surface area contributed by atoms with E-state index < -0.39 is 10.0 Å². The molecule has 0 aliphatic carbocycles. The number of nitrogens with two attached hydrogens (primary N) is 1. The molecule has 0 bridgehead atoms. The first-order valence-electron chi connectivity index (χ1n) is 8.13. The van der Waals surface area contributed by atoms with E-state index in [0.717, 1.165) is 35.8 Å². The molecule has 2 heterocycles. The molecule has 0 saturated heterocycles. The molecule has 5 nitrogen and oxygen atoms in total. The van der Waals surface area contributed by atoms with E-state index in [0.29, 0.717) is 5.92 Å². The number of hydrogen-bond donors (Lipinski definition) is 2. The fourth-order valence-corrected chi connectivity index (χ4v) is 6.56. The molecule has 2 rings (SSSR count). The predicted octanol–water partition coefficient (Wildman–Crippen LogP) is 3.15. The molecule has 1 aromatic heterocycles. The lowest BCUT2D eigenvalue weighted by Crippen LogP contribution is -2.36.